The lowest BCUT2D eigenvalue weighted by Gasteiger charge is -2.17. The van der Waals surface area contributed by atoms with Gasteiger partial charge in [0.15, 0.2) is 0 Å². The second kappa shape index (κ2) is 8.57. The second-order valence-electron chi connectivity index (χ2n) is 6.99. The quantitative estimate of drug-likeness (QED) is 0.608. The maximum absolute atomic E-state index is 12.3. The topological polar surface area (TPSA) is 71.4 Å². The Bertz CT molecular complexity index is 1120. The maximum atomic E-state index is 12.3. The van der Waals surface area contributed by atoms with Crippen LogP contribution in [0.15, 0.2) is 52.2 Å². The minimum absolute atomic E-state index is 0.0464. The van der Waals surface area contributed by atoms with Crippen molar-refractivity contribution in [3.05, 3.63) is 63.3 Å². The summed E-state index contributed by atoms with van der Waals surface area (Å²) in [5.41, 5.74) is 3.15. The highest BCUT2D eigenvalue weighted by molar-refractivity contribution is 7.89. The van der Waals surface area contributed by atoms with Crippen LogP contribution in [0, 0.1) is 6.92 Å². The van der Waals surface area contributed by atoms with Crippen molar-refractivity contribution < 1.29 is 8.42 Å². The lowest BCUT2D eigenvalue weighted by atomic mass is 10.1. The molecule has 0 bridgehead atoms. The second-order valence-corrected chi connectivity index (χ2v) is 9.75. The Balaban J connectivity index is 1.50. The molecule has 3 aromatic rings. The molecule has 150 valence electrons. The molecule has 0 aliphatic rings. The number of fused-ring (bicyclic) bond motifs is 1. The molecule has 0 fully saturated rings. The molecule has 0 unspecified atom stereocenters. The largest absolute Gasteiger partial charge is 0.307 e. The number of benzene rings is 2. The fourth-order valence-electron chi connectivity index (χ4n) is 2.94. The Morgan fingerprint density at radius 1 is 1.11 bits per heavy atom. The van der Waals surface area contributed by atoms with Gasteiger partial charge in [0.25, 0.3) is 0 Å². The van der Waals surface area contributed by atoms with Crippen LogP contribution in [0.25, 0.3) is 10.2 Å². The summed E-state index contributed by atoms with van der Waals surface area (Å²) in [6.45, 7) is 3.70. The van der Waals surface area contributed by atoms with Crippen LogP contribution in [-0.2, 0) is 23.5 Å². The minimum Gasteiger partial charge on any atom is -0.305 e. The van der Waals surface area contributed by atoms with Crippen LogP contribution in [-0.4, -0.2) is 44.6 Å². The lowest BCUT2D eigenvalue weighted by molar-refractivity contribution is 0.343. The Labute approximate surface area is 169 Å². The first-order chi connectivity index (χ1) is 13.3. The van der Waals surface area contributed by atoms with Gasteiger partial charge in [-0.3, -0.25) is 4.79 Å². The Morgan fingerprint density at radius 2 is 1.82 bits per heavy atom. The number of nitrogens with one attached hydrogen (secondary N) is 1. The van der Waals surface area contributed by atoms with Gasteiger partial charge >= 0.3 is 4.87 Å². The summed E-state index contributed by atoms with van der Waals surface area (Å²) in [5.74, 6) is 0. The standard InChI is InChI=1S/C20H25N3O3S2/c1-15-4-7-17(8-5-15)28(25,26)21-11-13-22(2)12-10-16-6-9-18-19(14-16)27-20(24)23(18)3/h4-9,14,21H,10-13H2,1-3H3. The van der Waals surface area contributed by atoms with Gasteiger partial charge in [0.05, 0.1) is 15.1 Å². The molecule has 0 radical (unpaired) electrons. The number of thiazole rings is 1. The molecule has 1 N–H and O–H groups in total. The van der Waals surface area contributed by atoms with Gasteiger partial charge in [-0.25, -0.2) is 13.1 Å². The molecule has 1 aromatic heterocycles. The monoisotopic (exact) mass is 419 g/mol. The van der Waals surface area contributed by atoms with Gasteiger partial charge in [-0.05, 0) is 50.2 Å². The van der Waals surface area contributed by atoms with Gasteiger partial charge in [0.2, 0.25) is 10.0 Å². The summed E-state index contributed by atoms with van der Waals surface area (Å²) < 4.78 is 29.9. The van der Waals surface area contributed by atoms with E-state index in [0.717, 1.165) is 28.7 Å². The predicted molar refractivity (Wildman–Crippen MR) is 115 cm³/mol. The Morgan fingerprint density at radius 3 is 2.54 bits per heavy atom. The van der Waals surface area contributed by atoms with Gasteiger partial charge in [-0.1, -0.05) is 35.1 Å². The van der Waals surface area contributed by atoms with Crippen molar-refractivity contribution >= 4 is 31.6 Å². The fraction of sp³-hybridized carbons (Fsp3) is 0.350. The highest BCUT2D eigenvalue weighted by Crippen LogP contribution is 2.18. The number of aromatic nitrogens is 1. The van der Waals surface area contributed by atoms with Crippen LogP contribution >= 0.6 is 11.3 Å². The fourth-order valence-corrected chi connectivity index (χ4v) is 4.90. The molecule has 3 rings (SSSR count). The van der Waals surface area contributed by atoms with Crippen molar-refractivity contribution in [3.63, 3.8) is 0 Å². The van der Waals surface area contributed by atoms with Crippen molar-refractivity contribution in [2.45, 2.75) is 18.2 Å². The zero-order valence-electron chi connectivity index (χ0n) is 16.3. The number of hydrogen-bond acceptors (Lipinski definition) is 5. The van der Waals surface area contributed by atoms with Gasteiger partial charge < -0.3 is 9.47 Å². The molecule has 0 saturated carbocycles. The Kier molecular flexibility index (Phi) is 6.34. The summed E-state index contributed by atoms with van der Waals surface area (Å²) in [6.07, 6.45) is 0.840. The van der Waals surface area contributed by atoms with E-state index in [-0.39, 0.29) is 9.77 Å². The van der Waals surface area contributed by atoms with Crippen LogP contribution in [0.5, 0.6) is 0 Å². The number of hydrogen-bond donors (Lipinski definition) is 1. The molecule has 8 heteroatoms. The third-order valence-corrected chi connectivity index (χ3v) is 7.23. The molecule has 0 aliphatic carbocycles. The number of aryl methyl sites for hydroxylation is 2. The maximum Gasteiger partial charge on any atom is 0.307 e. The van der Waals surface area contributed by atoms with Crippen molar-refractivity contribution in [3.8, 4) is 0 Å². The van der Waals surface area contributed by atoms with Crippen LogP contribution in [0.1, 0.15) is 11.1 Å². The summed E-state index contributed by atoms with van der Waals surface area (Å²) in [4.78, 5) is 14.2. The number of sulfonamides is 1. The van der Waals surface area contributed by atoms with Crippen molar-refractivity contribution in [2.24, 2.45) is 7.05 Å². The highest BCUT2D eigenvalue weighted by atomic mass is 32.2. The van der Waals surface area contributed by atoms with E-state index in [2.05, 4.69) is 15.7 Å². The molecule has 0 atom stereocenters. The molecule has 0 saturated heterocycles. The molecule has 6 nitrogen and oxygen atoms in total. The SMILES string of the molecule is Cc1ccc(S(=O)(=O)NCCN(C)CCc2ccc3c(c2)sc(=O)n3C)cc1. The van der Waals surface area contributed by atoms with Crippen molar-refractivity contribution in [1.82, 2.24) is 14.2 Å². The minimum atomic E-state index is -3.47. The zero-order valence-corrected chi connectivity index (χ0v) is 17.9. The van der Waals surface area contributed by atoms with E-state index in [4.69, 9.17) is 0 Å². The van der Waals surface area contributed by atoms with E-state index in [1.165, 1.54) is 16.9 Å². The first-order valence-corrected chi connectivity index (χ1v) is 11.4. The van der Waals surface area contributed by atoms with E-state index < -0.39 is 10.0 Å². The smallest absolute Gasteiger partial charge is 0.305 e. The molecule has 0 spiro atoms. The summed E-state index contributed by atoms with van der Waals surface area (Å²) in [6, 6.07) is 12.9. The van der Waals surface area contributed by atoms with E-state index in [9.17, 15) is 13.2 Å². The van der Waals surface area contributed by atoms with Crippen LogP contribution in [0.3, 0.4) is 0 Å². The van der Waals surface area contributed by atoms with Gasteiger partial charge in [0, 0.05) is 26.7 Å². The van der Waals surface area contributed by atoms with Gasteiger partial charge in [0.1, 0.15) is 0 Å². The van der Waals surface area contributed by atoms with Crippen molar-refractivity contribution in [1.29, 1.82) is 0 Å². The molecule has 1 heterocycles. The molecular formula is C20H25N3O3S2. The molecule has 2 aromatic carbocycles. The predicted octanol–water partition coefficient (Wildman–Crippen LogP) is 2.36. The first-order valence-electron chi connectivity index (χ1n) is 9.09. The van der Waals surface area contributed by atoms with Crippen LogP contribution in [0.4, 0.5) is 0 Å². The lowest BCUT2D eigenvalue weighted by Crippen LogP contribution is -2.33. The average molecular weight is 420 g/mol. The highest BCUT2D eigenvalue weighted by Gasteiger charge is 2.13. The number of likely N-dealkylation sites (N-methyl/N-ethyl adjacent to an activating group) is 1. The molecule has 0 amide bonds. The molecule has 28 heavy (non-hydrogen) atoms. The van der Waals surface area contributed by atoms with E-state index in [1.54, 1.807) is 35.9 Å². The molecule has 0 aliphatic heterocycles. The number of rotatable bonds is 8. The summed E-state index contributed by atoms with van der Waals surface area (Å²) in [5, 5.41) is 0. The molecular weight excluding hydrogens is 394 g/mol. The van der Waals surface area contributed by atoms with Crippen LogP contribution in [0.2, 0.25) is 0 Å². The normalized spacial score (nSPS) is 12.1. The average Bonchev–Trinajstić information content (AvgIpc) is 2.94. The van der Waals surface area contributed by atoms with Gasteiger partial charge in [-0.15, -0.1) is 0 Å². The van der Waals surface area contributed by atoms with Crippen LogP contribution < -0.4 is 9.60 Å². The van der Waals surface area contributed by atoms with E-state index in [0.29, 0.717) is 13.1 Å². The first kappa shape index (κ1) is 20.7. The third kappa shape index (κ3) is 4.88. The summed E-state index contributed by atoms with van der Waals surface area (Å²) in [7, 11) is 0.283. The van der Waals surface area contributed by atoms with E-state index in [1.807, 2.05) is 26.1 Å². The number of nitrogens with zero attached hydrogens (tertiary/aromatic N) is 2. The van der Waals surface area contributed by atoms with E-state index >= 15 is 0 Å². The summed E-state index contributed by atoms with van der Waals surface area (Å²) >= 11 is 1.26. The zero-order chi connectivity index (χ0) is 20.3. The Hall–Kier alpha value is -2.00. The third-order valence-electron chi connectivity index (χ3n) is 4.76. The van der Waals surface area contributed by atoms with Crippen molar-refractivity contribution in [2.75, 3.05) is 26.7 Å². The van der Waals surface area contributed by atoms with Gasteiger partial charge in [-0.2, -0.15) is 0 Å².